The largest absolute Gasteiger partial charge is 0.311 e. The Bertz CT molecular complexity index is 1050. The Morgan fingerprint density at radius 2 is 1.82 bits per heavy atom. The number of hydrogen-bond acceptors (Lipinski definition) is 5. The molecule has 0 spiro atoms. The van der Waals surface area contributed by atoms with Gasteiger partial charge in [-0.15, -0.1) is 0 Å². The molecule has 0 radical (unpaired) electrons. The first-order valence-electron chi connectivity index (χ1n) is 9.05. The third kappa shape index (κ3) is 4.02. The summed E-state index contributed by atoms with van der Waals surface area (Å²) in [5.41, 5.74) is 1.25. The van der Waals surface area contributed by atoms with E-state index in [4.69, 9.17) is 4.18 Å². The Hall–Kier alpha value is -2.45. The fourth-order valence-electron chi connectivity index (χ4n) is 3.60. The average Bonchev–Trinajstić information content (AvgIpc) is 2.93. The monoisotopic (exact) mass is 404 g/mol. The topological polar surface area (TPSA) is 85.7 Å². The van der Waals surface area contributed by atoms with Gasteiger partial charge in [-0.2, -0.15) is 8.42 Å². The van der Waals surface area contributed by atoms with Crippen LogP contribution >= 0.6 is 0 Å². The predicted molar refractivity (Wildman–Crippen MR) is 107 cm³/mol. The summed E-state index contributed by atoms with van der Waals surface area (Å²) < 4.78 is 28.3. The summed E-state index contributed by atoms with van der Waals surface area (Å²) in [6.07, 6.45) is 1.63. The van der Waals surface area contributed by atoms with E-state index in [1.165, 1.54) is 10.6 Å². The van der Waals surface area contributed by atoms with Crippen LogP contribution in [-0.2, 0) is 31.1 Å². The smallest absolute Gasteiger partial charge is 0.264 e. The lowest BCUT2D eigenvalue weighted by Crippen LogP contribution is -2.36. The van der Waals surface area contributed by atoms with Gasteiger partial charge in [-0.3, -0.25) is 13.8 Å². The SMILES string of the molecule is Cc1cc(N2CCC(C)(c3ccccc3)C2=O)cc(=O)n1CCOS(C)(=O)=O. The van der Waals surface area contributed by atoms with E-state index >= 15 is 0 Å². The molecule has 0 N–H and O–H groups in total. The number of rotatable bonds is 6. The van der Waals surface area contributed by atoms with Crippen molar-refractivity contribution in [3.8, 4) is 0 Å². The molecule has 1 aliphatic rings. The lowest BCUT2D eigenvalue weighted by atomic mass is 9.81. The van der Waals surface area contributed by atoms with E-state index in [2.05, 4.69) is 0 Å². The number of carbonyl (C=O) groups is 1. The second-order valence-electron chi connectivity index (χ2n) is 7.28. The molecule has 150 valence electrons. The minimum Gasteiger partial charge on any atom is -0.311 e. The van der Waals surface area contributed by atoms with Crippen molar-refractivity contribution in [1.29, 1.82) is 0 Å². The molecule has 1 aliphatic heterocycles. The molecule has 2 heterocycles. The molecule has 0 saturated carbocycles. The second-order valence-corrected chi connectivity index (χ2v) is 8.92. The van der Waals surface area contributed by atoms with Crippen LogP contribution in [0.2, 0.25) is 0 Å². The standard InChI is InChI=1S/C20H24N2O5S/c1-15-13-17(14-18(23)21(15)11-12-27-28(3,25)26)22-10-9-20(2,19(22)24)16-7-5-4-6-8-16/h4-8,13-14H,9-12H2,1-3H3. The Balaban J connectivity index is 1.83. The summed E-state index contributed by atoms with van der Waals surface area (Å²) in [6.45, 7) is 4.22. The molecule has 2 aromatic rings. The van der Waals surface area contributed by atoms with Gasteiger partial charge in [0.1, 0.15) is 0 Å². The molecule has 1 saturated heterocycles. The van der Waals surface area contributed by atoms with Gasteiger partial charge in [0.25, 0.3) is 15.7 Å². The molecule has 1 unspecified atom stereocenters. The van der Waals surface area contributed by atoms with Gasteiger partial charge in [0, 0.05) is 18.3 Å². The second kappa shape index (κ2) is 7.52. The van der Waals surface area contributed by atoms with Crippen molar-refractivity contribution in [2.45, 2.75) is 32.2 Å². The summed E-state index contributed by atoms with van der Waals surface area (Å²) in [5.74, 6) is -0.0318. The van der Waals surface area contributed by atoms with E-state index in [0.29, 0.717) is 24.3 Å². The maximum atomic E-state index is 13.1. The third-order valence-corrected chi connectivity index (χ3v) is 5.80. The van der Waals surface area contributed by atoms with Crippen LogP contribution in [0.4, 0.5) is 5.69 Å². The number of benzene rings is 1. The summed E-state index contributed by atoms with van der Waals surface area (Å²) in [7, 11) is -3.56. The summed E-state index contributed by atoms with van der Waals surface area (Å²) in [4.78, 5) is 27.3. The number of carbonyl (C=O) groups excluding carboxylic acids is 1. The van der Waals surface area contributed by atoms with Gasteiger partial charge in [-0.1, -0.05) is 30.3 Å². The first-order chi connectivity index (χ1) is 13.1. The highest BCUT2D eigenvalue weighted by molar-refractivity contribution is 7.85. The van der Waals surface area contributed by atoms with Crippen molar-refractivity contribution >= 4 is 21.7 Å². The molecule has 8 heteroatoms. The van der Waals surface area contributed by atoms with Crippen molar-refractivity contribution < 1.29 is 17.4 Å². The zero-order chi connectivity index (χ0) is 20.5. The van der Waals surface area contributed by atoms with Crippen molar-refractivity contribution in [2.24, 2.45) is 0 Å². The summed E-state index contributed by atoms with van der Waals surface area (Å²) >= 11 is 0. The van der Waals surface area contributed by atoms with Crippen LogP contribution in [0, 0.1) is 6.92 Å². The van der Waals surface area contributed by atoms with Crippen molar-refractivity contribution in [2.75, 3.05) is 24.3 Å². The molecule has 1 aromatic carbocycles. The molecule has 1 aromatic heterocycles. The lowest BCUT2D eigenvalue weighted by molar-refractivity contribution is -0.121. The molecule has 0 bridgehead atoms. The fraction of sp³-hybridized carbons (Fsp3) is 0.400. The molecule has 3 rings (SSSR count). The van der Waals surface area contributed by atoms with Gasteiger partial charge in [0.15, 0.2) is 0 Å². The highest BCUT2D eigenvalue weighted by atomic mass is 32.2. The molecule has 1 atom stereocenters. The number of pyridine rings is 1. The van der Waals surface area contributed by atoms with E-state index in [9.17, 15) is 18.0 Å². The van der Waals surface area contributed by atoms with Crippen LogP contribution in [0.25, 0.3) is 0 Å². The highest BCUT2D eigenvalue weighted by Gasteiger charge is 2.44. The van der Waals surface area contributed by atoms with Gasteiger partial charge >= 0.3 is 0 Å². The van der Waals surface area contributed by atoms with Crippen molar-refractivity contribution in [1.82, 2.24) is 4.57 Å². The van der Waals surface area contributed by atoms with Crippen LogP contribution < -0.4 is 10.5 Å². The highest BCUT2D eigenvalue weighted by Crippen LogP contribution is 2.37. The summed E-state index contributed by atoms with van der Waals surface area (Å²) in [6, 6.07) is 12.8. The summed E-state index contributed by atoms with van der Waals surface area (Å²) in [5, 5.41) is 0. The van der Waals surface area contributed by atoms with E-state index < -0.39 is 15.5 Å². The normalized spacial score (nSPS) is 20.0. The van der Waals surface area contributed by atoms with E-state index in [0.717, 1.165) is 11.8 Å². The number of hydrogen-bond donors (Lipinski definition) is 0. The molecular weight excluding hydrogens is 380 g/mol. The average molecular weight is 404 g/mol. The molecule has 7 nitrogen and oxygen atoms in total. The minimum atomic E-state index is -3.56. The first-order valence-corrected chi connectivity index (χ1v) is 10.9. The van der Waals surface area contributed by atoms with E-state index in [1.807, 2.05) is 37.3 Å². The number of nitrogens with zero attached hydrogens (tertiary/aromatic N) is 2. The van der Waals surface area contributed by atoms with Crippen molar-refractivity contribution in [3.63, 3.8) is 0 Å². The number of anilines is 1. The van der Waals surface area contributed by atoms with Crippen LogP contribution in [0.15, 0.2) is 47.3 Å². The Labute approximate surface area is 164 Å². The van der Waals surface area contributed by atoms with Gasteiger partial charge < -0.3 is 9.47 Å². The molecule has 1 amide bonds. The van der Waals surface area contributed by atoms with Gasteiger partial charge in [0.2, 0.25) is 5.91 Å². The third-order valence-electron chi connectivity index (χ3n) is 5.21. The quantitative estimate of drug-likeness (QED) is 0.686. The molecular formula is C20H24N2O5S. The maximum Gasteiger partial charge on any atom is 0.264 e. The Morgan fingerprint density at radius 3 is 2.43 bits per heavy atom. The van der Waals surface area contributed by atoms with Gasteiger partial charge in [-0.25, -0.2) is 0 Å². The number of aryl methyl sites for hydroxylation is 1. The fourth-order valence-corrected chi connectivity index (χ4v) is 3.97. The van der Waals surface area contributed by atoms with Gasteiger partial charge in [-0.05, 0) is 31.9 Å². The Morgan fingerprint density at radius 1 is 1.14 bits per heavy atom. The van der Waals surface area contributed by atoms with Crippen molar-refractivity contribution in [3.05, 3.63) is 64.1 Å². The maximum absolute atomic E-state index is 13.1. The van der Waals surface area contributed by atoms with Crippen LogP contribution in [0.5, 0.6) is 0 Å². The zero-order valence-electron chi connectivity index (χ0n) is 16.2. The molecule has 28 heavy (non-hydrogen) atoms. The van der Waals surface area contributed by atoms with Gasteiger partial charge in [0.05, 0.1) is 30.5 Å². The lowest BCUT2D eigenvalue weighted by Gasteiger charge is -2.24. The van der Waals surface area contributed by atoms with E-state index in [1.54, 1.807) is 17.9 Å². The van der Waals surface area contributed by atoms with Crippen LogP contribution in [-0.4, -0.2) is 38.3 Å². The molecule has 1 fully saturated rings. The molecule has 0 aliphatic carbocycles. The predicted octanol–water partition coefficient (Wildman–Crippen LogP) is 1.83. The van der Waals surface area contributed by atoms with Crippen LogP contribution in [0.3, 0.4) is 0 Å². The van der Waals surface area contributed by atoms with Crippen LogP contribution in [0.1, 0.15) is 24.6 Å². The zero-order valence-corrected chi connectivity index (χ0v) is 17.0. The first kappa shape index (κ1) is 20.3. The minimum absolute atomic E-state index is 0.0318. The van der Waals surface area contributed by atoms with E-state index in [-0.39, 0.29) is 24.6 Å². The Kier molecular flexibility index (Phi) is 5.45. The number of aromatic nitrogens is 1. The number of amides is 1.